The Morgan fingerprint density at radius 1 is 1.08 bits per heavy atom. The van der Waals surface area contributed by atoms with Crippen LogP contribution in [0.15, 0.2) is 40.9 Å². The van der Waals surface area contributed by atoms with Gasteiger partial charge in [-0.3, -0.25) is 0 Å². The van der Waals surface area contributed by atoms with Crippen LogP contribution in [0.2, 0.25) is 10.0 Å². The van der Waals surface area contributed by atoms with Gasteiger partial charge in [-0.1, -0.05) is 34.4 Å². The topological polar surface area (TPSA) is 64.7 Å². The highest BCUT2D eigenvalue weighted by molar-refractivity contribution is 6.43. The Balaban J connectivity index is 2.17. The third-order valence-corrected chi connectivity index (χ3v) is 4.59. The van der Waals surface area contributed by atoms with Crippen LogP contribution in [0.4, 0.5) is 0 Å². The van der Waals surface area contributed by atoms with Crippen LogP contribution in [-0.4, -0.2) is 24.5 Å². The number of aliphatic hydroxyl groups is 1. The fourth-order valence-electron chi connectivity index (χ4n) is 2.52. The normalized spacial score (nSPS) is 10.8. The third-order valence-electron chi connectivity index (χ3n) is 3.77. The summed E-state index contributed by atoms with van der Waals surface area (Å²) in [6, 6.07) is 10.5. The SMILES string of the molecule is COc1cc(OC)cc(-c2noc(-c3cccc(Cl)c3Cl)c2CO)c1. The zero-order valence-electron chi connectivity index (χ0n) is 13.5. The number of benzene rings is 2. The highest BCUT2D eigenvalue weighted by Crippen LogP contribution is 2.39. The van der Waals surface area contributed by atoms with E-state index in [9.17, 15) is 5.11 Å². The Kier molecular flexibility index (Phi) is 5.18. The smallest absolute Gasteiger partial charge is 0.174 e. The molecular formula is C18H15Cl2NO4. The van der Waals surface area contributed by atoms with Gasteiger partial charge in [0.15, 0.2) is 5.76 Å². The molecule has 3 rings (SSSR count). The second kappa shape index (κ2) is 7.35. The van der Waals surface area contributed by atoms with Crippen molar-refractivity contribution in [1.82, 2.24) is 5.16 Å². The van der Waals surface area contributed by atoms with E-state index in [2.05, 4.69) is 5.16 Å². The van der Waals surface area contributed by atoms with Crippen LogP contribution in [0.5, 0.6) is 11.5 Å². The Hall–Kier alpha value is -2.21. The number of halogens is 2. The summed E-state index contributed by atoms with van der Waals surface area (Å²) in [5, 5.41) is 14.7. The van der Waals surface area contributed by atoms with E-state index >= 15 is 0 Å². The number of rotatable bonds is 5. The highest BCUT2D eigenvalue weighted by atomic mass is 35.5. The summed E-state index contributed by atoms with van der Waals surface area (Å²) in [4.78, 5) is 0. The Morgan fingerprint density at radius 3 is 2.36 bits per heavy atom. The van der Waals surface area contributed by atoms with Crippen molar-refractivity contribution in [3.63, 3.8) is 0 Å². The first kappa shape index (κ1) is 17.6. The largest absolute Gasteiger partial charge is 0.497 e. The van der Waals surface area contributed by atoms with E-state index in [1.165, 1.54) is 0 Å². The fourth-order valence-corrected chi connectivity index (χ4v) is 2.90. The number of hydrogen-bond acceptors (Lipinski definition) is 5. The van der Waals surface area contributed by atoms with Crippen LogP contribution < -0.4 is 9.47 Å². The second-order valence-corrected chi connectivity index (χ2v) is 5.98. The number of hydrogen-bond donors (Lipinski definition) is 1. The molecule has 0 amide bonds. The minimum absolute atomic E-state index is 0.281. The third kappa shape index (κ3) is 3.31. The Labute approximate surface area is 154 Å². The number of ether oxygens (including phenoxy) is 2. The van der Waals surface area contributed by atoms with Crippen LogP contribution in [0.25, 0.3) is 22.6 Å². The zero-order chi connectivity index (χ0) is 18.0. The number of nitrogens with zero attached hydrogens (tertiary/aromatic N) is 1. The molecule has 1 aromatic heterocycles. The van der Waals surface area contributed by atoms with Crippen molar-refractivity contribution in [2.75, 3.05) is 14.2 Å². The maximum atomic E-state index is 9.89. The van der Waals surface area contributed by atoms with Crippen molar-refractivity contribution < 1.29 is 19.1 Å². The number of methoxy groups -OCH3 is 2. The first-order valence-corrected chi connectivity index (χ1v) is 8.11. The van der Waals surface area contributed by atoms with Crippen molar-refractivity contribution in [2.24, 2.45) is 0 Å². The van der Waals surface area contributed by atoms with Crippen molar-refractivity contribution in [3.05, 3.63) is 52.0 Å². The minimum Gasteiger partial charge on any atom is -0.497 e. The van der Waals surface area contributed by atoms with Crippen molar-refractivity contribution in [3.8, 4) is 34.1 Å². The average molecular weight is 380 g/mol. The summed E-state index contributed by atoms with van der Waals surface area (Å²) in [6.07, 6.45) is 0. The van der Waals surface area contributed by atoms with Gasteiger partial charge in [-0.25, -0.2) is 0 Å². The molecule has 0 aliphatic rings. The van der Waals surface area contributed by atoms with Gasteiger partial charge in [0.25, 0.3) is 0 Å². The molecule has 1 heterocycles. The lowest BCUT2D eigenvalue weighted by molar-refractivity contribution is 0.281. The second-order valence-electron chi connectivity index (χ2n) is 5.20. The molecule has 2 aromatic carbocycles. The predicted octanol–water partition coefficient (Wildman–Crippen LogP) is 4.82. The summed E-state index contributed by atoms with van der Waals surface area (Å²) in [6.45, 7) is -0.281. The zero-order valence-corrected chi connectivity index (χ0v) is 15.1. The molecule has 25 heavy (non-hydrogen) atoms. The van der Waals surface area contributed by atoms with Gasteiger partial charge in [-0.2, -0.15) is 0 Å². The molecule has 0 atom stereocenters. The summed E-state index contributed by atoms with van der Waals surface area (Å²) in [7, 11) is 3.12. The maximum absolute atomic E-state index is 9.89. The van der Waals surface area contributed by atoms with E-state index in [1.54, 1.807) is 50.6 Å². The molecule has 0 aliphatic carbocycles. The minimum atomic E-state index is -0.281. The molecule has 3 aromatic rings. The van der Waals surface area contributed by atoms with Gasteiger partial charge in [0, 0.05) is 17.2 Å². The van der Waals surface area contributed by atoms with Crippen molar-refractivity contribution in [2.45, 2.75) is 6.61 Å². The van der Waals surface area contributed by atoms with Crippen LogP contribution in [0.3, 0.4) is 0 Å². The molecule has 0 fully saturated rings. The van der Waals surface area contributed by atoms with Crippen LogP contribution in [0.1, 0.15) is 5.56 Å². The van der Waals surface area contributed by atoms with Gasteiger partial charge in [0.2, 0.25) is 0 Å². The van der Waals surface area contributed by atoms with E-state index in [4.69, 9.17) is 37.2 Å². The predicted molar refractivity (Wildman–Crippen MR) is 96.4 cm³/mol. The number of aromatic nitrogens is 1. The van der Waals surface area contributed by atoms with E-state index in [0.717, 1.165) is 0 Å². The molecular weight excluding hydrogens is 365 g/mol. The quantitative estimate of drug-likeness (QED) is 0.687. The summed E-state index contributed by atoms with van der Waals surface area (Å²) >= 11 is 12.3. The molecule has 0 unspecified atom stereocenters. The lowest BCUT2D eigenvalue weighted by Gasteiger charge is -2.08. The van der Waals surface area contributed by atoms with Gasteiger partial charge in [0.05, 0.1) is 36.4 Å². The summed E-state index contributed by atoms with van der Waals surface area (Å²) < 4.78 is 16.0. The Bertz CT molecular complexity index is 886. The fraction of sp³-hybridized carbons (Fsp3) is 0.167. The molecule has 0 spiro atoms. The van der Waals surface area contributed by atoms with Gasteiger partial charge in [-0.05, 0) is 24.3 Å². The summed E-state index contributed by atoms with van der Waals surface area (Å²) in [5.41, 5.74) is 2.23. The van der Waals surface area contributed by atoms with Gasteiger partial charge < -0.3 is 19.1 Å². The molecule has 0 saturated heterocycles. The van der Waals surface area contributed by atoms with Crippen LogP contribution in [-0.2, 0) is 6.61 Å². The lowest BCUT2D eigenvalue weighted by atomic mass is 10.0. The maximum Gasteiger partial charge on any atom is 0.174 e. The van der Waals surface area contributed by atoms with Crippen molar-refractivity contribution in [1.29, 1.82) is 0 Å². The van der Waals surface area contributed by atoms with Gasteiger partial charge in [0.1, 0.15) is 17.2 Å². The van der Waals surface area contributed by atoms with Gasteiger partial charge in [-0.15, -0.1) is 0 Å². The van der Waals surface area contributed by atoms with Crippen LogP contribution in [0, 0.1) is 0 Å². The molecule has 0 saturated carbocycles. The van der Waals surface area contributed by atoms with E-state index in [0.29, 0.717) is 49.7 Å². The molecule has 0 aliphatic heterocycles. The summed E-state index contributed by atoms with van der Waals surface area (Å²) in [5.74, 6) is 1.57. The first-order chi connectivity index (χ1) is 12.1. The van der Waals surface area contributed by atoms with Crippen molar-refractivity contribution >= 4 is 23.2 Å². The van der Waals surface area contributed by atoms with E-state index < -0.39 is 0 Å². The standard InChI is InChI=1S/C18H15Cl2NO4/c1-23-11-6-10(7-12(8-11)24-2)17-14(9-22)18(25-21-17)13-4-3-5-15(19)16(13)20/h3-8,22H,9H2,1-2H3. The average Bonchev–Trinajstić information content (AvgIpc) is 3.07. The molecule has 0 bridgehead atoms. The first-order valence-electron chi connectivity index (χ1n) is 7.36. The lowest BCUT2D eigenvalue weighted by Crippen LogP contribution is -1.92. The monoisotopic (exact) mass is 379 g/mol. The number of aliphatic hydroxyl groups excluding tert-OH is 1. The molecule has 5 nitrogen and oxygen atoms in total. The van der Waals surface area contributed by atoms with E-state index in [1.807, 2.05) is 0 Å². The molecule has 130 valence electrons. The van der Waals surface area contributed by atoms with Gasteiger partial charge >= 0.3 is 0 Å². The van der Waals surface area contributed by atoms with Crippen LogP contribution >= 0.6 is 23.2 Å². The van der Waals surface area contributed by atoms with E-state index in [-0.39, 0.29) is 6.61 Å². The Morgan fingerprint density at radius 2 is 1.76 bits per heavy atom. The molecule has 7 heteroatoms. The molecule has 1 N–H and O–H groups in total. The molecule has 0 radical (unpaired) electrons. The highest BCUT2D eigenvalue weighted by Gasteiger charge is 2.22.